The van der Waals surface area contributed by atoms with Crippen molar-refractivity contribution >= 4 is 35.6 Å². The fraction of sp³-hybridized carbons (Fsp3) is 0.500. The Bertz CT molecular complexity index is 799. The van der Waals surface area contributed by atoms with E-state index in [-0.39, 0.29) is 35.9 Å². The van der Waals surface area contributed by atoms with Crippen LogP contribution in [-0.4, -0.2) is 54.6 Å². The Kier molecular flexibility index (Phi) is 8.99. The molecule has 3 rings (SSSR count). The lowest BCUT2D eigenvalue weighted by atomic mass is 10.1. The summed E-state index contributed by atoms with van der Waals surface area (Å²) >= 11 is 0. The lowest BCUT2D eigenvalue weighted by Crippen LogP contribution is -2.52. The third-order valence-corrected chi connectivity index (χ3v) is 4.73. The first-order valence-electron chi connectivity index (χ1n) is 9.66. The van der Waals surface area contributed by atoms with Crippen molar-refractivity contribution in [2.45, 2.75) is 31.9 Å². The molecule has 1 aromatic heterocycles. The smallest absolute Gasteiger partial charge is 0.191 e. The normalized spacial score (nSPS) is 18.0. The Hall–Kier alpha value is -2.04. The molecule has 0 spiro atoms. The monoisotopic (exact) mass is 516 g/mol. The van der Waals surface area contributed by atoms with Crippen LogP contribution in [0.3, 0.4) is 0 Å². The Morgan fingerprint density at radius 1 is 1.45 bits per heavy atom. The molecule has 2 heterocycles. The third kappa shape index (κ3) is 7.06. The molecule has 29 heavy (non-hydrogen) atoms. The van der Waals surface area contributed by atoms with E-state index in [1.165, 1.54) is 12.1 Å². The Morgan fingerprint density at radius 2 is 2.28 bits per heavy atom. The van der Waals surface area contributed by atoms with Crippen LogP contribution in [0.15, 0.2) is 41.7 Å². The molecule has 0 radical (unpaired) electrons. The van der Waals surface area contributed by atoms with Gasteiger partial charge in [-0.2, -0.15) is 5.10 Å². The minimum Gasteiger partial charge on any atom is -0.489 e. The summed E-state index contributed by atoms with van der Waals surface area (Å²) in [5.74, 6) is 0.968. The second kappa shape index (κ2) is 11.2. The highest BCUT2D eigenvalue weighted by atomic mass is 127. The first-order valence-corrected chi connectivity index (χ1v) is 9.66. The standard InChI is InChI=1S/C20H29FN6O.HI/c1-15(28-19-8-4-6-16(21)10-19)11-23-20(22-2)25-17-7-5-9-27(13-17)18-12-24-26(3)14-18;/h4,6,8,10,12,14-15,17H,5,7,9,11,13H2,1-3H3,(H2,22,23,25);1H. The summed E-state index contributed by atoms with van der Waals surface area (Å²) in [6.45, 7) is 4.45. The number of piperidine rings is 1. The molecule has 1 aromatic carbocycles. The summed E-state index contributed by atoms with van der Waals surface area (Å²) in [7, 11) is 3.69. The fourth-order valence-corrected chi connectivity index (χ4v) is 3.34. The van der Waals surface area contributed by atoms with Crippen LogP contribution in [0.5, 0.6) is 5.75 Å². The molecule has 7 nitrogen and oxygen atoms in total. The Balaban J connectivity index is 0.00000300. The number of benzene rings is 1. The van der Waals surface area contributed by atoms with E-state index in [2.05, 4.69) is 25.6 Å². The van der Waals surface area contributed by atoms with Gasteiger partial charge in [0, 0.05) is 45.5 Å². The second-order valence-electron chi connectivity index (χ2n) is 7.14. The summed E-state index contributed by atoms with van der Waals surface area (Å²) in [5, 5.41) is 11.1. The summed E-state index contributed by atoms with van der Waals surface area (Å²) in [6, 6.07) is 6.49. The molecule has 9 heteroatoms. The largest absolute Gasteiger partial charge is 0.489 e. The number of hydrogen-bond acceptors (Lipinski definition) is 4. The van der Waals surface area contributed by atoms with Gasteiger partial charge in [-0.05, 0) is 31.9 Å². The van der Waals surface area contributed by atoms with Crippen molar-refractivity contribution in [3.05, 3.63) is 42.5 Å². The minimum atomic E-state index is -0.300. The van der Waals surface area contributed by atoms with E-state index in [1.807, 2.05) is 31.0 Å². The molecule has 2 atom stereocenters. The number of anilines is 1. The van der Waals surface area contributed by atoms with Crippen LogP contribution in [0, 0.1) is 5.82 Å². The van der Waals surface area contributed by atoms with Gasteiger partial charge in [-0.25, -0.2) is 4.39 Å². The van der Waals surface area contributed by atoms with Crippen LogP contribution in [0.1, 0.15) is 19.8 Å². The highest BCUT2D eigenvalue weighted by Crippen LogP contribution is 2.19. The highest BCUT2D eigenvalue weighted by molar-refractivity contribution is 14.0. The maximum absolute atomic E-state index is 13.3. The quantitative estimate of drug-likeness (QED) is 0.351. The predicted molar refractivity (Wildman–Crippen MR) is 125 cm³/mol. The van der Waals surface area contributed by atoms with Crippen molar-refractivity contribution in [3.63, 3.8) is 0 Å². The first kappa shape index (κ1) is 23.2. The topological polar surface area (TPSA) is 66.7 Å². The molecule has 2 N–H and O–H groups in total. The number of nitrogens with zero attached hydrogens (tertiary/aromatic N) is 4. The fourth-order valence-electron chi connectivity index (χ4n) is 3.34. The number of guanidine groups is 1. The highest BCUT2D eigenvalue weighted by Gasteiger charge is 2.22. The number of aryl methyl sites for hydroxylation is 1. The van der Waals surface area contributed by atoms with Crippen LogP contribution in [0.2, 0.25) is 0 Å². The maximum atomic E-state index is 13.3. The maximum Gasteiger partial charge on any atom is 0.191 e. The number of aliphatic imine (C=N–C) groups is 1. The molecule has 1 saturated heterocycles. The molecule has 2 aromatic rings. The first-order chi connectivity index (χ1) is 13.5. The van der Waals surface area contributed by atoms with Crippen LogP contribution in [0.4, 0.5) is 10.1 Å². The van der Waals surface area contributed by atoms with Crippen LogP contribution in [-0.2, 0) is 7.05 Å². The number of hydrogen-bond donors (Lipinski definition) is 2. The lowest BCUT2D eigenvalue weighted by Gasteiger charge is -2.34. The summed E-state index contributed by atoms with van der Waals surface area (Å²) in [4.78, 5) is 6.67. The van der Waals surface area contributed by atoms with Crippen molar-refractivity contribution < 1.29 is 9.13 Å². The average Bonchev–Trinajstić information content (AvgIpc) is 3.12. The van der Waals surface area contributed by atoms with E-state index >= 15 is 0 Å². The van der Waals surface area contributed by atoms with Gasteiger partial charge in [0.05, 0.1) is 18.4 Å². The van der Waals surface area contributed by atoms with Gasteiger partial charge < -0.3 is 20.3 Å². The zero-order chi connectivity index (χ0) is 19.9. The van der Waals surface area contributed by atoms with Gasteiger partial charge >= 0.3 is 0 Å². The minimum absolute atomic E-state index is 0. The molecular formula is C20H30FIN6O. The SMILES string of the molecule is CN=C(NCC(C)Oc1cccc(F)c1)NC1CCCN(c2cnn(C)c2)C1.I. The van der Waals surface area contributed by atoms with E-state index in [9.17, 15) is 4.39 Å². The van der Waals surface area contributed by atoms with Crippen LogP contribution < -0.4 is 20.3 Å². The number of halogens is 2. The van der Waals surface area contributed by atoms with Gasteiger partial charge in [0.25, 0.3) is 0 Å². The number of nitrogens with one attached hydrogen (secondary N) is 2. The number of rotatable bonds is 6. The summed E-state index contributed by atoms with van der Waals surface area (Å²) < 4.78 is 20.8. The Labute approximate surface area is 188 Å². The van der Waals surface area contributed by atoms with E-state index in [1.54, 1.807) is 19.2 Å². The second-order valence-corrected chi connectivity index (χ2v) is 7.14. The number of aromatic nitrogens is 2. The molecule has 0 saturated carbocycles. The van der Waals surface area contributed by atoms with Crippen LogP contribution >= 0.6 is 24.0 Å². The van der Waals surface area contributed by atoms with Gasteiger partial charge in [-0.1, -0.05) is 6.07 Å². The summed E-state index contributed by atoms with van der Waals surface area (Å²) in [6.07, 6.45) is 6.02. The van der Waals surface area contributed by atoms with Gasteiger partial charge in [0.1, 0.15) is 17.7 Å². The van der Waals surface area contributed by atoms with Gasteiger partial charge in [-0.3, -0.25) is 9.67 Å². The van der Waals surface area contributed by atoms with E-state index < -0.39 is 0 Å². The molecule has 0 amide bonds. The molecule has 1 aliphatic heterocycles. The molecule has 160 valence electrons. The van der Waals surface area contributed by atoms with Gasteiger partial charge in [0.15, 0.2) is 5.96 Å². The van der Waals surface area contributed by atoms with Crippen molar-refractivity contribution in [2.24, 2.45) is 12.0 Å². The van der Waals surface area contributed by atoms with Crippen molar-refractivity contribution in [1.82, 2.24) is 20.4 Å². The van der Waals surface area contributed by atoms with E-state index in [4.69, 9.17) is 4.74 Å². The van der Waals surface area contributed by atoms with Crippen molar-refractivity contribution in [2.75, 3.05) is 31.6 Å². The summed E-state index contributed by atoms with van der Waals surface area (Å²) in [5.41, 5.74) is 1.15. The Morgan fingerprint density at radius 3 is 2.97 bits per heavy atom. The molecule has 0 aliphatic carbocycles. The zero-order valence-electron chi connectivity index (χ0n) is 17.1. The van der Waals surface area contributed by atoms with Crippen molar-refractivity contribution in [3.8, 4) is 5.75 Å². The van der Waals surface area contributed by atoms with E-state index in [0.717, 1.165) is 37.6 Å². The lowest BCUT2D eigenvalue weighted by molar-refractivity contribution is 0.222. The van der Waals surface area contributed by atoms with Gasteiger partial charge in [-0.15, -0.1) is 24.0 Å². The van der Waals surface area contributed by atoms with Crippen molar-refractivity contribution in [1.29, 1.82) is 0 Å². The molecule has 2 unspecified atom stereocenters. The molecule has 0 bridgehead atoms. The number of ether oxygens (including phenoxy) is 1. The van der Waals surface area contributed by atoms with Gasteiger partial charge in [0.2, 0.25) is 0 Å². The zero-order valence-corrected chi connectivity index (χ0v) is 19.5. The van der Waals surface area contributed by atoms with E-state index in [0.29, 0.717) is 18.3 Å². The molecule has 1 fully saturated rings. The van der Waals surface area contributed by atoms with Crippen LogP contribution in [0.25, 0.3) is 0 Å². The average molecular weight is 516 g/mol. The molecular weight excluding hydrogens is 486 g/mol. The molecule has 1 aliphatic rings. The third-order valence-electron chi connectivity index (χ3n) is 4.73. The predicted octanol–water partition coefficient (Wildman–Crippen LogP) is 2.78.